The zero-order valence-electron chi connectivity index (χ0n) is 15.6. The van der Waals surface area contributed by atoms with E-state index in [9.17, 15) is 19.7 Å². The molecule has 0 saturated heterocycles. The Labute approximate surface area is 165 Å². The van der Waals surface area contributed by atoms with Gasteiger partial charge >= 0.3 is 5.70 Å². The second kappa shape index (κ2) is 6.90. The minimum absolute atomic E-state index is 0.0485. The molecule has 2 aliphatic rings. The Balaban J connectivity index is 2.00. The normalized spacial score (nSPS) is 18.1. The van der Waals surface area contributed by atoms with Gasteiger partial charge in [0.2, 0.25) is 5.78 Å². The molecule has 1 heterocycles. The molecule has 1 aliphatic heterocycles. The van der Waals surface area contributed by atoms with Crippen molar-refractivity contribution in [2.24, 2.45) is 0 Å². The lowest BCUT2D eigenvalue weighted by atomic mass is 9.77. The molecular formula is C21H16N2O6. The molecule has 1 N–H and O–H groups in total. The Bertz CT molecular complexity index is 1130. The first-order valence-corrected chi connectivity index (χ1v) is 8.78. The van der Waals surface area contributed by atoms with Crippen molar-refractivity contribution < 1.29 is 24.0 Å². The summed E-state index contributed by atoms with van der Waals surface area (Å²) in [6.45, 7) is 0. The second-order valence-electron chi connectivity index (χ2n) is 6.48. The number of rotatable bonds is 4. The first-order valence-electron chi connectivity index (χ1n) is 8.78. The standard InChI is InChI=1S/C21H16N2O6/c1-22-21-17(23(26)27)15(11-6-5-7-12(10-11)28-2)16-18(24)13-8-3-4-9-14(13)19(25)20(16)29-21/h3-10,15,22H,1-2H3. The maximum Gasteiger partial charge on any atom is 0.317 e. The van der Waals surface area contributed by atoms with Gasteiger partial charge < -0.3 is 14.8 Å². The highest BCUT2D eigenvalue weighted by atomic mass is 16.6. The van der Waals surface area contributed by atoms with E-state index in [4.69, 9.17) is 9.47 Å². The number of hydrogen-bond donors (Lipinski definition) is 1. The second-order valence-corrected chi connectivity index (χ2v) is 6.48. The minimum Gasteiger partial charge on any atom is -0.497 e. The number of nitrogens with one attached hydrogen (secondary N) is 1. The number of fused-ring (bicyclic) bond motifs is 1. The molecule has 146 valence electrons. The zero-order valence-corrected chi connectivity index (χ0v) is 15.6. The summed E-state index contributed by atoms with van der Waals surface area (Å²) in [5.74, 6) is -1.97. The number of nitrogens with zero attached hydrogens (tertiary/aromatic N) is 1. The molecule has 29 heavy (non-hydrogen) atoms. The fraction of sp³-hybridized carbons (Fsp3) is 0.143. The van der Waals surface area contributed by atoms with Crippen molar-refractivity contribution in [3.63, 3.8) is 0 Å². The van der Waals surface area contributed by atoms with Gasteiger partial charge in [0, 0.05) is 18.2 Å². The molecule has 0 spiro atoms. The topological polar surface area (TPSA) is 108 Å². The number of ether oxygens (including phenoxy) is 2. The van der Waals surface area contributed by atoms with E-state index in [-0.39, 0.29) is 34.0 Å². The predicted molar refractivity (Wildman–Crippen MR) is 102 cm³/mol. The Morgan fingerprint density at radius 3 is 2.38 bits per heavy atom. The van der Waals surface area contributed by atoms with Crippen molar-refractivity contribution in [1.29, 1.82) is 0 Å². The number of carbonyl (C=O) groups excluding carboxylic acids is 2. The van der Waals surface area contributed by atoms with Gasteiger partial charge in [0.15, 0.2) is 11.5 Å². The number of hydrogen-bond acceptors (Lipinski definition) is 7. The molecule has 0 radical (unpaired) electrons. The van der Waals surface area contributed by atoms with Crippen LogP contribution in [0.5, 0.6) is 5.75 Å². The third-order valence-corrected chi connectivity index (χ3v) is 4.96. The van der Waals surface area contributed by atoms with Crippen molar-refractivity contribution in [2.45, 2.75) is 5.92 Å². The molecule has 0 bridgehead atoms. The maximum atomic E-state index is 13.3. The molecule has 4 rings (SSSR count). The molecule has 1 atom stereocenters. The summed E-state index contributed by atoms with van der Waals surface area (Å²) in [7, 11) is 2.93. The summed E-state index contributed by atoms with van der Waals surface area (Å²) in [6, 6.07) is 13.0. The largest absolute Gasteiger partial charge is 0.497 e. The monoisotopic (exact) mass is 392 g/mol. The van der Waals surface area contributed by atoms with Crippen LogP contribution in [0.15, 0.2) is 71.4 Å². The van der Waals surface area contributed by atoms with Crippen LogP contribution in [0.1, 0.15) is 32.2 Å². The van der Waals surface area contributed by atoms with Crippen molar-refractivity contribution in [3.05, 3.63) is 98.2 Å². The van der Waals surface area contributed by atoms with Crippen LogP contribution in [-0.4, -0.2) is 30.6 Å². The van der Waals surface area contributed by atoms with Gasteiger partial charge in [-0.1, -0.05) is 36.4 Å². The average molecular weight is 392 g/mol. The van der Waals surface area contributed by atoms with Crippen LogP contribution in [0, 0.1) is 10.1 Å². The third kappa shape index (κ3) is 2.77. The average Bonchev–Trinajstić information content (AvgIpc) is 2.75. The minimum atomic E-state index is -1.10. The summed E-state index contributed by atoms with van der Waals surface area (Å²) in [6.07, 6.45) is 0. The van der Waals surface area contributed by atoms with E-state index in [1.165, 1.54) is 26.3 Å². The molecule has 2 aromatic carbocycles. The van der Waals surface area contributed by atoms with Crippen LogP contribution in [0.4, 0.5) is 0 Å². The van der Waals surface area contributed by atoms with E-state index in [0.717, 1.165) is 0 Å². The molecule has 1 unspecified atom stereocenters. The van der Waals surface area contributed by atoms with Crippen LogP contribution in [-0.2, 0) is 4.74 Å². The SMILES string of the molecule is CNC1=C([N+](=O)[O-])C(c2cccc(OC)c2)C2=C(O1)C(=O)c1ccccc1C2=O. The van der Waals surface area contributed by atoms with Crippen LogP contribution in [0.25, 0.3) is 0 Å². The fourth-order valence-electron chi connectivity index (χ4n) is 3.67. The Hall–Kier alpha value is -3.94. The molecule has 0 saturated carbocycles. The van der Waals surface area contributed by atoms with E-state index in [1.807, 2.05) is 0 Å². The van der Waals surface area contributed by atoms with Crippen LogP contribution >= 0.6 is 0 Å². The molecule has 8 nitrogen and oxygen atoms in total. The van der Waals surface area contributed by atoms with Crippen molar-refractivity contribution in [2.75, 3.05) is 14.2 Å². The highest BCUT2D eigenvalue weighted by molar-refractivity contribution is 6.27. The first-order chi connectivity index (χ1) is 14.0. The Morgan fingerprint density at radius 2 is 1.76 bits per heavy atom. The predicted octanol–water partition coefficient (Wildman–Crippen LogP) is 2.81. The maximum absolute atomic E-state index is 13.3. The molecule has 0 fully saturated rings. The van der Waals surface area contributed by atoms with Crippen LogP contribution in [0.3, 0.4) is 0 Å². The van der Waals surface area contributed by atoms with Crippen LogP contribution < -0.4 is 10.1 Å². The molecule has 8 heteroatoms. The van der Waals surface area contributed by atoms with E-state index < -0.39 is 22.4 Å². The van der Waals surface area contributed by atoms with Gasteiger partial charge in [-0.2, -0.15) is 0 Å². The number of carbonyl (C=O) groups is 2. The number of benzene rings is 2. The van der Waals surface area contributed by atoms with Crippen molar-refractivity contribution in [3.8, 4) is 5.75 Å². The van der Waals surface area contributed by atoms with Gasteiger partial charge in [-0.25, -0.2) is 0 Å². The Kier molecular flexibility index (Phi) is 4.38. The molecule has 2 aromatic rings. The number of ketones is 2. The van der Waals surface area contributed by atoms with Gasteiger partial charge in [-0.05, 0) is 17.7 Å². The van der Waals surface area contributed by atoms with Gasteiger partial charge in [-0.15, -0.1) is 0 Å². The highest BCUT2D eigenvalue weighted by Gasteiger charge is 2.48. The summed E-state index contributed by atoms with van der Waals surface area (Å²) in [5.41, 5.74) is 0.455. The number of allylic oxidation sites excluding steroid dienone is 2. The summed E-state index contributed by atoms with van der Waals surface area (Å²) >= 11 is 0. The summed E-state index contributed by atoms with van der Waals surface area (Å²) < 4.78 is 10.8. The number of methoxy groups -OCH3 is 1. The molecule has 1 aliphatic carbocycles. The molecule has 0 amide bonds. The smallest absolute Gasteiger partial charge is 0.317 e. The van der Waals surface area contributed by atoms with Gasteiger partial charge in [0.05, 0.1) is 17.6 Å². The van der Waals surface area contributed by atoms with Crippen molar-refractivity contribution in [1.82, 2.24) is 5.32 Å². The first kappa shape index (κ1) is 18.4. The molecular weight excluding hydrogens is 376 g/mol. The van der Waals surface area contributed by atoms with E-state index in [0.29, 0.717) is 11.3 Å². The summed E-state index contributed by atoms with van der Waals surface area (Å²) in [5, 5.41) is 14.6. The van der Waals surface area contributed by atoms with Gasteiger partial charge in [0.25, 0.3) is 5.88 Å². The summed E-state index contributed by atoms with van der Waals surface area (Å²) in [4.78, 5) is 37.7. The number of Topliss-reactive ketones (excluding diaryl/α,β-unsaturated/α-hetero) is 2. The van der Waals surface area contributed by atoms with E-state index in [2.05, 4.69) is 5.32 Å². The lowest BCUT2D eigenvalue weighted by molar-refractivity contribution is -0.433. The van der Waals surface area contributed by atoms with E-state index >= 15 is 0 Å². The third-order valence-electron chi connectivity index (χ3n) is 4.96. The zero-order chi connectivity index (χ0) is 20.7. The quantitative estimate of drug-likeness (QED) is 0.630. The lowest BCUT2D eigenvalue weighted by Gasteiger charge is -2.30. The van der Waals surface area contributed by atoms with Gasteiger partial charge in [0.1, 0.15) is 11.7 Å². The van der Waals surface area contributed by atoms with Gasteiger partial charge in [-0.3, -0.25) is 19.7 Å². The number of nitro groups is 1. The Morgan fingerprint density at radius 1 is 1.07 bits per heavy atom. The lowest BCUT2D eigenvalue weighted by Crippen LogP contribution is -2.35. The fourth-order valence-corrected chi connectivity index (χ4v) is 3.67. The van der Waals surface area contributed by atoms with Crippen molar-refractivity contribution >= 4 is 11.6 Å². The van der Waals surface area contributed by atoms with Crippen LogP contribution in [0.2, 0.25) is 0 Å². The molecule has 0 aromatic heterocycles. The highest BCUT2D eigenvalue weighted by Crippen LogP contribution is 2.45. The van der Waals surface area contributed by atoms with E-state index in [1.54, 1.807) is 36.4 Å².